The Bertz CT molecular complexity index is 886. The number of aromatic nitrogens is 4. The van der Waals surface area contributed by atoms with Gasteiger partial charge in [0.05, 0.1) is 0 Å². The highest BCUT2D eigenvalue weighted by molar-refractivity contribution is 6.02. The third-order valence-electron chi connectivity index (χ3n) is 4.42. The maximum absolute atomic E-state index is 14.0. The van der Waals surface area contributed by atoms with Crippen LogP contribution in [0.3, 0.4) is 0 Å². The zero-order valence-electron chi connectivity index (χ0n) is 15.3. The molecule has 10 nitrogen and oxygen atoms in total. The lowest BCUT2D eigenvalue weighted by molar-refractivity contribution is 0.0672. The molecule has 2 amide bonds. The molecule has 1 fully saturated rings. The molecule has 1 aliphatic carbocycles. The summed E-state index contributed by atoms with van der Waals surface area (Å²) in [6.07, 6.45) is -5.64. The number of nitrogens with one attached hydrogen (secondary N) is 2. The van der Waals surface area contributed by atoms with Crippen molar-refractivity contribution in [2.45, 2.75) is 37.5 Å². The number of hydrogen-bond acceptors (Lipinski definition) is 6. The number of anilines is 1. The molecule has 0 aromatic carbocycles. The van der Waals surface area contributed by atoms with Gasteiger partial charge in [-0.3, -0.25) is 14.6 Å². The zero-order valence-corrected chi connectivity index (χ0v) is 15.3. The molecule has 0 aliphatic heterocycles. The minimum Gasteiger partial charge on any atom is -0.471 e. The number of carbonyl (C=O) groups is 2. The van der Waals surface area contributed by atoms with Crippen LogP contribution in [-0.4, -0.2) is 57.3 Å². The summed E-state index contributed by atoms with van der Waals surface area (Å²) in [6.45, 7) is -0.835. The first kappa shape index (κ1) is 20.5. The number of carbonyl (C=O) groups excluding carboxylic acids is 2. The Morgan fingerprint density at radius 1 is 1.41 bits per heavy atom. The van der Waals surface area contributed by atoms with E-state index in [2.05, 4.69) is 20.6 Å². The number of primary amides is 1. The van der Waals surface area contributed by atoms with Crippen molar-refractivity contribution in [3.8, 4) is 5.88 Å². The summed E-state index contributed by atoms with van der Waals surface area (Å²) in [4.78, 5) is 23.2. The topological polar surface area (TPSA) is 137 Å². The van der Waals surface area contributed by atoms with Crippen LogP contribution in [0, 0.1) is 0 Å². The molecule has 0 bridgehead atoms. The van der Waals surface area contributed by atoms with E-state index in [4.69, 9.17) is 15.2 Å². The average molecular weight is 416 g/mol. The number of aromatic amines is 1. The highest BCUT2D eigenvalue weighted by Gasteiger charge is 2.38. The second kappa shape index (κ2) is 8.41. The third kappa shape index (κ3) is 4.97. The number of hydrogen-bond donors (Lipinski definition) is 3. The van der Waals surface area contributed by atoms with Gasteiger partial charge in [-0.05, 0) is 12.8 Å². The molecule has 1 aliphatic rings. The molecule has 3 unspecified atom stereocenters. The second-order valence-electron chi connectivity index (χ2n) is 6.52. The van der Waals surface area contributed by atoms with Crippen molar-refractivity contribution >= 4 is 17.8 Å². The molecule has 158 valence electrons. The number of amides is 2. The molecule has 3 atom stereocenters. The molecule has 0 spiro atoms. The van der Waals surface area contributed by atoms with Crippen molar-refractivity contribution < 1.29 is 32.2 Å². The van der Waals surface area contributed by atoms with E-state index in [9.17, 15) is 22.8 Å². The molecular formula is C16H19F3N6O4. The van der Waals surface area contributed by atoms with Gasteiger partial charge >= 0.3 is 6.09 Å². The van der Waals surface area contributed by atoms with E-state index in [1.54, 1.807) is 0 Å². The standard InChI is InChI=1S/C16H19F3N6O4/c1-25-10(5-14(24-25)28-6-12(18)19)15(26)21-13-4-9(22-23-13)7-2-8(17)11(3-7)29-16(20)27/h4-5,7-8,11-12H,2-3,6H2,1H3,(H2,20,27)(H2,21,22,23,26). The number of alkyl halides is 3. The van der Waals surface area contributed by atoms with Crippen LogP contribution in [-0.2, 0) is 11.8 Å². The van der Waals surface area contributed by atoms with Crippen molar-refractivity contribution in [2.75, 3.05) is 11.9 Å². The van der Waals surface area contributed by atoms with E-state index in [0.717, 1.165) is 0 Å². The minimum absolute atomic E-state index is 0.0680. The average Bonchev–Trinajstić information content (AvgIpc) is 3.32. The van der Waals surface area contributed by atoms with Crippen LogP contribution in [0.4, 0.5) is 23.8 Å². The quantitative estimate of drug-likeness (QED) is 0.629. The van der Waals surface area contributed by atoms with Gasteiger partial charge in [-0.15, -0.1) is 5.10 Å². The summed E-state index contributed by atoms with van der Waals surface area (Å²) in [5, 5.41) is 13.0. The molecule has 2 aromatic rings. The number of rotatable bonds is 7. The van der Waals surface area contributed by atoms with Crippen LogP contribution in [0.1, 0.15) is 34.9 Å². The lowest BCUT2D eigenvalue weighted by Gasteiger charge is -2.11. The highest BCUT2D eigenvalue weighted by atomic mass is 19.3. The maximum atomic E-state index is 14.0. The molecule has 29 heavy (non-hydrogen) atoms. The van der Waals surface area contributed by atoms with Crippen LogP contribution in [0.15, 0.2) is 12.1 Å². The van der Waals surface area contributed by atoms with E-state index in [0.29, 0.717) is 5.69 Å². The van der Waals surface area contributed by atoms with Gasteiger partial charge in [-0.1, -0.05) is 0 Å². The Morgan fingerprint density at radius 2 is 2.17 bits per heavy atom. The lowest BCUT2D eigenvalue weighted by Crippen LogP contribution is -2.26. The van der Waals surface area contributed by atoms with Crippen molar-refractivity contribution in [3.05, 3.63) is 23.5 Å². The molecule has 0 radical (unpaired) electrons. The van der Waals surface area contributed by atoms with Gasteiger partial charge in [0.2, 0.25) is 5.88 Å². The van der Waals surface area contributed by atoms with Crippen molar-refractivity contribution in [3.63, 3.8) is 0 Å². The third-order valence-corrected chi connectivity index (χ3v) is 4.42. The van der Waals surface area contributed by atoms with Crippen LogP contribution in [0.5, 0.6) is 5.88 Å². The van der Waals surface area contributed by atoms with E-state index in [-0.39, 0.29) is 36.2 Å². The molecule has 3 rings (SSSR count). The van der Waals surface area contributed by atoms with Crippen molar-refractivity contribution in [1.82, 2.24) is 20.0 Å². The predicted octanol–water partition coefficient (Wildman–Crippen LogP) is 1.72. The van der Waals surface area contributed by atoms with E-state index in [1.165, 1.54) is 23.9 Å². The van der Waals surface area contributed by atoms with Gasteiger partial charge in [0.25, 0.3) is 12.3 Å². The van der Waals surface area contributed by atoms with Gasteiger partial charge in [0, 0.05) is 30.8 Å². The molecule has 13 heteroatoms. The fraction of sp³-hybridized carbons (Fsp3) is 0.500. The summed E-state index contributed by atoms with van der Waals surface area (Å²) in [5.74, 6) is -0.815. The van der Waals surface area contributed by atoms with Crippen LogP contribution in [0.25, 0.3) is 0 Å². The van der Waals surface area contributed by atoms with Gasteiger partial charge in [0.1, 0.15) is 18.0 Å². The number of nitrogens with zero attached hydrogens (tertiary/aromatic N) is 3. The Labute approximate surface area is 162 Å². The second-order valence-corrected chi connectivity index (χ2v) is 6.52. The number of nitrogens with two attached hydrogens (primary N) is 1. The van der Waals surface area contributed by atoms with Crippen LogP contribution < -0.4 is 15.8 Å². The Hall–Kier alpha value is -3.25. The normalized spacial score (nSPS) is 21.3. The Kier molecular flexibility index (Phi) is 5.94. The Morgan fingerprint density at radius 3 is 2.86 bits per heavy atom. The van der Waals surface area contributed by atoms with Gasteiger partial charge in [-0.2, -0.15) is 5.10 Å². The number of H-pyrrole nitrogens is 1. The maximum Gasteiger partial charge on any atom is 0.404 e. The Balaban J connectivity index is 1.62. The molecule has 1 saturated carbocycles. The van der Waals surface area contributed by atoms with Crippen LogP contribution >= 0.6 is 0 Å². The van der Waals surface area contributed by atoms with Crippen molar-refractivity contribution in [2.24, 2.45) is 12.8 Å². The highest BCUT2D eigenvalue weighted by Crippen LogP contribution is 2.37. The molecule has 2 heterocycles. The van der Waals surface area contributed by atoms with Crippen LogP contribution in [0.2, 0.25) is 0 Å². The fourth-order valence-electron chi connectivity index (χ4n) is 3.14. The SMILES string of the molecule is Cn1nc(OCC(F)F)cc1C(=O)Nc1cc(C2CC(F)C(OC(N)=O)C2)[nH]n1. The predicted molar refractivity (Wildman–Crippen MR) is 92.6 cm³/mol. The summed E-state index contributed by atoms with van der Waals surface area (Å²) in [6, 6.07) is 2.76. The van der Waals surface area contributed by atoms with Gasteiger partial charge in [-0.25, -0.2) is 18.0 Å². The fourth-order valence-corrected chi connectivity index (χ4v) is 3.14. The first-order chi connectivity index (χ1) is 13.7. The monoisotopic (exact) mass is 416 g/mol. The lowest BCUT2D eigenvalue weighted by atomic mass is 10.0. The summed E-state index contributed by atoms with van der Waals surface area (Å²) < 4.78 is 49.1. The molecule has 4 N–H and O–H groups in total. The zero-order chi connectivity index (χ0) is 21.1. The van der Waals surface area contributed by atoms with E-state index >= 15 is 0 Å². The summed E-state index contributed by atoms with van der Waals surface area (Å²) in [5.41, 5.74) is 5.56. The minimum atomic E-state index is -2.66. The molecule has 2 aromatic heterocycles. The number of ether oxygens (including phenoxy) is 2. The molecular weight excluding hydrogens is 397 g/mol. The number of aryl methyl sites for hydroxylation is 1. The first-order valence-corrected chi connectivity index (χ1v) is 8.64. The summed E-state index contributed by atoms with van der Waals surface area (Å²) >= 11 is 0. The van der Waals surface area contributed by atoms with Gasteiger partial charge < -0.3 is 20.5 Å². The number of halogens is 3. The summed E-state index contributed by atoms with van der Waals surface area (Å²) in [7, 11) is 1.46. The smallest absolute Gasteiger partial charge is 0.404 e. The molecule has 0 saturated heterocycles. The van der Waals surface area contributed by atoms with E-state index < -0.39 is 37.3 Å². The first-order valence-electron chi connectivity index (χ1n) is 8.64. The van der Waals surface area contributed by atoms with Gasteiger partial charge in [0.15, 0.2) is 12.4 Å². The van der Waals surface area contributed by atoms with Crippen molar-refractivity contribution in [1.29, 1.82) is 0 Å². The largest absolute Gasteiger partial charge is 0.471 e. The van der Waals surface area contributed by atoms with E-state index in [1.807, 2.05) is 0 Å².